The maximum absolute atomic E-state index is 12.5. The molecule has 0 radical (unpaired) electrons. The van der Waals surface area contributed by atoms with Crippen LogP contribution in [-0.4, -0.2) is 11.1 Å². The van der Waals surface area contributed by atoms with E-state index in [2.05, 4.69) is 10.5 Å². The molecule has 0 fully saturated rings. The molecule has 25 heavy (non-hydrogen) atoms. The average Bonchev–Trinajstić information content (AvgIpc) is 3.11. The molecule has 0 aliphatic heterocycles. The first-order chi connectivity index (χ1) is 12.2. The number of rotatable bonds is 6. The topological polar surface area (TPSA) is 55.1 Å². The van der Waals surface area contributed by atoms with Crippen molar-refractivity contribution in [3.05, 3.63) is 77.5 Å². The summed E-state index contributed by atoms with van der Waals surface area (Å²) in [6.07, 6.45) is 0.753. The number of hydrogen-bond acceptors (Lipinski definition) is 3. The number of aromatic nitrogens is 1. The summed E-state index contributed by atoms with van der Waals surface area (Å²) >= 11 is 0. The van der Waals surface area contributed by atoms with E-state index in [0.29, 0.717) is 18.0 Å². The maximum Gasteiger partial charge on any atom is 0.227 e. The van der Waals surface area contributed by atoms with Gasteiger partial charge in [0.05, 0.1) is 12.5 Å². The van der Waals surface area contributed by atoms with Gasteiger partial charge >= 0.3 is 0 Å². The van der Waals surface area contributed by atoms with Gasteiger partial charge in [-0.2, -0.15) is 0 Å². The summed E-state index contributed by atoms with van der Waals surface area (Å²) in [6, 6.07) is 19.8. The molecule has 3 rings (SSSR count). The minimum absolute atomic E-state index is 0.00795. The molecule has 1 unspecified atom stereocenters. The molecule has 4 nitrogen and oxygen atoms in total. The fourth-order valence-electron chi connectivity index (χ4n) is 2.81. The Hall–Kier alpha value is -2.88. The number of nitrogens with one attached hydrogen (secondary N) is 1. The Bertz CT molecular complexity index is 823. The molecule has 1 atom stereocenters. The zero-order valence-corrected chi connectivity index (χ0v) is 14.5. The minimum atomic E-state index is -0.148. The van der Waals surface area contributed by atoms with Crippen molar-refractivity contribution >= 4 is 5.91 Å². The Morgan fingerprint density at radius 3 is 2.52 bits per heavy atom. The first-order valence-electron chi connectivity index (χ1n) is 8.52. The fraction of sp³-hybridized carbons (Fsp3) is 0.238. The van der Waals surface area contributed by atoms with Crippen molar-refractivity contribution in [3.63, 3.8) is 0 Å². The third-order valence-electron chi connectivity index (χ3n) is 4.27. The molecule has 1 heterocycles. The van der Waals surface area contributed by atoms with E-state index in [9.17, 15) is 4.79 Å². The number of aryl methyl sites for hydroxylation is 1. The second-order valence-electron chi connectivity index (χ2n) is 6.14. The van der Waals surface area contributed by atoms with Crippen LogP contribution in [0.15, 0.2) is 65.2 Å². The summed E-state index contributed by atoms with van der Waals surface area (Å²) in [5.74, 6) is 0.567. The lowest BCUT2D eigenvalue weighted by atomic mass is 9.96. The zero-order valence-electron chi connectivity index (χ0n) is 14.5. The highest BCUT2D eigenvalue weighted by atomic mass is 16.5. The lowest BCUT2D eigenvalue weighted by molar-refractivity contribution is -0.122. The van der Waals surface area contributed by atoms with Gasteiger partial charge in [-0.15, -0.1) is 0 Å². The molecular formula is C21H22N2O2. The van der Waals surface area contributed by atoms with Gasteiger partial charge in [-0.3, -0.25) is 4.79 Å². The van der Waals surface area contributed by atoms with Gasteiger partial charge < -0.3 is 9.84 Å². The second-order valence-corrected chi connectivity index (χ2v) is 6.14. The van der Waals surface area contributed by atoms with Crippen LogP contribution in [-0.2, 0) is 11.3 Å². The third-order valence-corrected chi connectivity index (χ3v) is 4.27. The van der Waals surface area contributed by atoms with Crippen molar-refractivity contribution in [2.45, 2.75) is 32.7 Å². The molecule has 4 heteroatoms. The van der Waals surface area contributed by atoms with E-state index in [1.165, 1.54) is 5.56 Å². The highest BCUT2D eigenvalue weighted by Gasteiger charge is 2.18. The summed E-state index contributed by atoms with van der Waals surface area (Å²) in [6.45, 7) is 4.42. The van der Waals surface area contributed by atoms with Crippen molar-refractivity contribution in [1.82, 2.24) is 10.5 Å². The number of carbonyl (C=O) groups is 1. The van der Waals surface area contributed by atoms with Crippen LogP contribution in [0.5, 0.6) is 0 Å². The largest absolute Gasteiger partial charge is 0.356 e. The van der Waals surface area contributed by atoms with Gasteiger partial charge in [0.1, 0.15) is 5.69 Å². The Labute approximate surface area is 147 Å². The minimum Gasteiger partial charge on any atom is -0.356 e. The van der Waals surface area contributed by atoms with Crippen molar-refractivity contribution in [3.8, 4) is 11.3 Å². The van der Waals surface area contributed by atoms with Crippen molar-refractivity contribution in [2.24, 2.45) is 0 Å². The molecule has 128 valence electrons. The monoisotopic (exact) mass is 334 g/mol. The average molecular weight is 334 g/mol. The number of hydrogen-bond donors (Lipinski definition) is 1. The van der Waals surface area contributed by atoms with Crippen molar-refractivity contribution in [1.29, 1.82) is 0 Å². The first-order valence-corrected chi connectivity index (χ1v) is 8.52. The quantitative estimate of drug-likeness (QED) is 0.724. The molecule has 0 aliphatic rings. The molecule has 0 bridgehead atoms. The van der Waals surface area contributed by atoms with Gasteiger partial charge in [-0.1, -0.05) is 72.2 Å². The van der Waals surface area contributed by atoms with E-state index in [1.807, 2.05) is 74.5 Å². The third kappa shape index (κ3) is 4.15. The molecule has 2 aromatic carbocycles. The van der Waals surface area contributed by atoms with E-state index >= 15 is 0 Å². The molecule has 1 amide bonds. The normalized spacial score (nSPS) is 11.9. The highest BCUT2D eigenvalue weighted by molar-refractivity contribution is 5.83. The lowest BCUT2D eigenvalue weighted by Crippen LogP contribution is -2.28. The van der Waals surface area contributed by atoms with Crippen LogP contribution in [0.1, 0.15) is 36.1 Å². The molecular weight excluding hydrogens is 312 g/mol. The number of carbonyl (C=O) groups excluding carboxylic acids is 1. The number of benzene rings is 2. The van der Waals surface area contributed by atoms with Gasteiger partial charge in [0, 0.05) is 11.6 Å². The van der Waals surface area contributed by atoms with Crippen LogP contribution in [0.4, 0.5) is 0 Å². The van der Waals surface area contributed by atoms with Crippen LogP contribution in [0.2, 0.25) is 0 Å². The van der Waals surface area contributed by atoms with Gasteiger partial charge in [-0.05, 0) is 18.9 Å². The Balaban J connectivity index is 1.63. The molecule has 1 aromatic heterocycles. The SMILES string of the molecule is CCC(C(=O)NCc1cc(-c2ccc(C)cc2)on1)c1ccccc1. The Kier molecular flexibility index (Phi) is 5.29. The van der Waals surface area contributed by atoms with E-state index in [1.54, 1.807) is 0 Å². The van der Waals surface area contributed by atoms with Gasteiger partial charge in [0.25, 0.3) is 0 Å². The molecule has 0 saturated heterocycles. The van der Waals surface area contributed by atoms with Crippen LogP contribution >= 0.6 is 0 Å². The lowest BCUT2D eigenvalue weighted by Gasteiger charge is -2.14. The van der Waals surface area contributed by atoms with E-state index in [4.69, 9.17) is 4.52 Å². The summed E-state index contributed by atoms with van der Waals surface area (Å²) in [4.78, 5) is 12.5. The summed E-state index contributed by atoms with van der Waals surface area (Å²) in [5, 5.41) is 7.02. The summed E-state index contributed by atoms with van der Waals surface area (Å²) < 4.78 is 5.39. The van der Waals surface area contributed by atoms with Crippen LogP contribution in [0.25, 0.3) is 11.3 Å². The summed E-state index contributed by atoms with van der Waals surface area (Å²) in [5.41, 5.74) is 3.92. The Morgan fingerprint density at radius 2 is 1.84 bits per heavy atom. The van der Waals surface area contributed by atoms with Gasteiger partial charge in [-0.25, -0.2) is 0 Å². The van der Waals surface area contributed by atoms with E-state index < -0.39 is 0 Å². The smallest absolute Gasteiger partial charge is 0.227 e. The molecule has 1 N–H and O–H groups in total. The Morgan fingerprint density at radius 1 is 1.12 bits per heavy atom. The van der Waals surface area contributed by atoms with Crippen LogP contribution in [0, 0.1) is 6.92 Å². The second kappa shape index (κ2) is 7.79. The predicted molar refractivity (Wildman–Crippen MR) is 98.0 cm³/mol. The predicted octanol–water partition coefficient (Wildman–Crippen LogP) is 4.46. The highest BCUT2D eigenvalue weighted by Crippen LogP contribution is 2.22. The zero-order chi connectivity index (χ0) is 17.6. The standard InChI is InChI=1S/C21H22N2O2/c1-3-19(16-7-5-4-6-8-16)21(24)22-14-18-13-20(25-23-18)17-11-9-15(2)10-12-17/h4-13,19H,3,14H2,1-2H3,(H,22,24). The first kappa shape index (κ1) is 17.0. The summed E-state index contributed by atoms with van der Waals surface area (Å²) in [7, 11) is 0. The van der Waals surface area contributed by atoms with Gasteiger partial charge in [0.2, 0.25) is 5.91 Å². The maximum atomic E-state index is 12.5. The molecule has 0 aliphatic carbocycles. The van der Waals surface area contributed by atoms with Crippen molar-refractivity contribution < 1.29 is 9.32 Å². The van der Waals surface area contributed by atoms with E-state index in [-0.39, 0.29) is 11.8 Å². The van der Waals surface area contributed by atoms with Crippen LogP contribution in [0.3, 0.4) is 0 Å². The number of amides is 1. The molecule has 0 saturated carbocycles. The molecule has 0 spiro atoms. The van der Waals surface area contributed by atoms with Crippen molar-refractivity contribution in [2.75, 3.05) is 0 Å². The van der Waals surface area contributed by atoms with Crippen LogP contribution < -0.4 is 5.32 Å². The molecule has 3 aromatic rings. The van der Waals surface area contributed by atoms with Gasteiger partial charge in [0.15, 0.2) is 5.76 Å². The number of nitrogens with zero attached hydrogens (tertiary/aromatic N) is 1. The fourth-order valence-corrected chi connectivity index (χ4v) is 2.81. The van der Waals surface area contributed by atoms with E-state index in [0.717, 1.165) is 17.5 Å².